The maximum atomic E-state index is 12.8. The SMILES string of the molecule is CC(N)C(=O)NC(C)C(=O)NC(CCCCN)C(=O)NC(Cc1ccccc1)C(=O)O. The monoisotopic (exact) mass is 435 g/mol. The van der Waals surface area contributed by atoms with Crippen LogP contribution in [-0.4, -0.2) is 59.5 Å². The van der Waals surface area contributed by atoms with Crippen molar-refractivity contribution in [2.75, 3.05) is 6.54 Å². The lowest BCUT2D eigenvalue weighted by molar-refractivity contribution is -0.142. The molecule has 0 radical (unpaired) electrons. The number of unbranched alkanes of at least 4 members (excludes halogenated alkanes) is 1. The summed E-state index contributed by atoms with van der Waals surface area (Å²) in [6, 6.07) is 5.10. The van der Waals surface area contributed by atoms with Crippen LogP contribution in [0.2, 0.25) is 0 Å². The Kier molecular flexibility index (Phi) is 11.2. The smallest absolute Gasteiger partial charge is 0.326 e. The summed E-state index contributed by atoms with van der Waals surface area (Å²) < 4.78 is 0. The van der Waals surface area contributed by atoms with E-state index < -0.39 is 47.9 Å². The minimum Gasteiger partial charge on any atom is -0.480 e. The Morgan fingerprint density at radius 1 is 0.903 bits per heavy atom. The molecule has 31 heavy (non-hydrogen) atoms. The minimum absolute atomic E-state index is 0.103. The molecule has 0 aliphatic rings. The van der Waals surface area contributed by atoms with E-state index in [0.717, 1.165) is 5.56 Å². The maximum Gasteiger partial charge on any atom is 0.326 e. The van der Waals surface area contributed by atoms with E-state index in [1.54, 1.807) is 24.3 Å². The molecule has 10 heteroatoms. The Morgan fingerprint density at radius 3 is 2.06 bits per heavy atom. The summed E-state index contributed by atoms with van der Waals surface area (Å²) in [6.07, 6.45) is 1.58. The van der Waals surface area contributed by atoms with Gasteiger partial charge in [-0.25, -0.2) is 4.79 Å². The predicted octanol–water partition coefficient (Wildman–Crippen LogP) is -0.736. The average Bonchev–Trinajstić information content (AvgIpc) is 2.72. The Bertz CT molecular complexity index is 741. The number of aliphatic carboxylic acids is 1. The van der Waals surface area contributed by atoms with Crippen molar-refractivity contribution in [3.05, 3.63) is 35.9 Å². The van der Waals surface area contributed by atoms with Gasteiger partial charge in [-0.3, -0.25) is 14.4 Å². The number of carboxylic acid groups (broad SMARTS) is 1. The topological polar surface area (TPSA) is 177 Å². The fourth-order valence-corrected chi connectivity index (χ4v) is 2.79. The first kappa shape index (κ1) is 26.1. The number of nitrogens with one attached hydrogen (secondary N) is 3. The van der Waals surface area contributed by atoms with Crippen molar-refractivity contribution in [2.45, 2.75) is 63.7 Å². The van der Waals surface area contributed by atoms with Gasteiger partial charge in [-0.2, -0.15) is 0 Å². The maximum absolute atomic E-state index is 12.8. The third-order valence-electron chi connectivity index (χ3n) is 4.64. The average molecular weight is 436 g/mol. The largest absolute Gasteiger partial charge is 0.480 e. The first-order chi connectivity index (χ1) is 14.6. The van der Waals surface area contributed by atoms with Gasteiger partial charge in [0, 0.05) is 6.42 Å². The zero-order chi connectivity index (χ0) is 23.4. The van der Waals surface area contributed by atoms with E-state index in [-0.39, 0.29) is 12.8 Å². The zero-order valence-corrected chi connectivity index (χ0v) is 18.0. The number of carboxylic acids is 1. The number of benzene rings is 1. The van der Waals surface area contributed by atoms with Crippen molar-refractivity contribution < 1.29 is 24.3 Å². The number of amides is 3. The van der Waals surface area contributed by atoms with Crippen molar-refractivity contribution in [3.63, 3.8) is 0 Å². The van der Waals surface area contributed by atoms with E-state index >= 15 is 0 Å². The highest BCUT2D eigenvalue weighted by Crippen LogP contribution is 2.06. The molecule has 172 valence electrons. The van der Waals surface area contributed by atoms with Crippen molar-refractivity contribution in [1.82, 2.24) is 16.0 Å². The summed E-state index contributed by atoms with van der Waals surface area (Å²) in [4.78, 5) is 48.6. The Morgan fingerprint density at radius 2 is 1.52 bits per heavy atom. The lowest BCUT2D eigenvalue weighted by Crippen LogP contribution is -2.56. The fraction of sp³-hybridized carbons (Fsp3) is 0.524. The summed E-state index contributed by atoms with van der Waals surface area (Å²) in [5.74, 6) is -2.86. The fourth-order valence-electron chi connectivity index (χ4n) is 2.79. The molecule has 0 saturated carbocycles. The summed E-state index contributed by atoms with van der Waals surface area (Å²) in [6.45, 7) is 3.39. The van der Waals surface area contributed by atoms with Crippen LogP contribution < -0.4 is 27.4 Å². The van der Waals surface area contributed by atoms with Crippen LogP contribution in [-0.2, 0) is 25.6 Å². The quantitative estimate of drug-likeness (QED) is 0.221. The first-order valence-corrected chi connectivity index (χ1v) is 10.3. The van der Waals surface area contributed by atoms with Crippen molar-refractivity contribution in [2.24, 2.45) is 11.5 Å². The highest BCUT2D eigenvalue weighted by atomic mass is 16.4. The predicted molar refractivity (Wildman–Crippen MR) is 116 cm³/mol. The van der Waals surface area contributed by atoms with Crippen LogP contribution >= 0.6 is 0 Å². The summed E-state index contributed by atoms with van der Waals surface area (Å²) in [5.41, 5.74) is 11.7. The molecule has 1 rings (SSSR count). The third kappa shape index (κ3) is 9.58. The summed E-state index contributed by atoms with van der Waals surface area (Å²) >= 11 is 0. The summed E-state index contributed by atoms with van der Waals surface area (Å²) in [5, 5.41) is 17.1. The van der Waals surface area contributed by atoms with E-state index in [4.69, 9.17) is 11.5 Å². The van der Waals surface area contributed by atoms with E-state index in [2.05, 4.69) is 16.0 Å². The molecule has 4 atom stereocenters. The lowest BCUT2D eigenvalue weighted by atomic mass is 10.0. The molecule has 0 spiro atoms. The van der Waals surface area contributed by atoms with Gasteiger partial charge in [0.1, 0.15) is 18.1 Å². The van der Waals surface area contributed by atoms with Gasteiger partial charge in [-0.1, -0.05) is 30.3 Å². The van der Waals surface area contributed by atoms with Gasteiger partial charge in [0.05, 0.1) is 6.04 Å². The first-order valence-electron chi connectivity index (χ1n) is 10.3. The molecule has 0 heterocycles. The molecular formula is C21H33N5O5. The lowest BCUT2D eigenvalue weighted by Gasteiger charge is -2.23. The standard InChI is InChI=1S/C21H33N5O5/c1-13(23)18(27)24-14(2)19(28)25-16(10-6-7-11-22)20(29)26-17(21(30)31)12-15-8-4-3-5-9-15/h3-5,8-9,13-14,16-17H,6-7,10-12,22-23H2,1-2H3,(H,24,27)(H,25,28)(H,26,29)(H,30,31). The van der Waals surface area contributed by atoms with Crippen LogP contribution in [0.25, 0.3) is 0 Å². The second kappa shape index (κ2) is 13.3. The molecular weight excluding hydrogens is 402 g/mol. The van der Waals surface area contributed by atoms with E-state index in [9.17, 15) is 24.3 Å². The van der Waals surface area contributed by atoms with Crippen molar-refractivity contribution >= 4 is 23.7 Å². The second-order valence-electron chi connectivity index (χ2n) is 7.45. The minimum atomic E-state index is -1.18. The molecule has 1 aromatic rings. The van der Waals surface area contributed by atoms with Crippen LogP contribution in [0.1, 0.15) is 38.7 Å². The molecule has 0 aliphatic carbocycles. The van der Waals surface area contributed by atoms with Gasteiger partial charge >= 0.3 is 5.97 Å². The molecule has 0 aliphatic heterocycles. The zero-order valence-electron chi connectivity index (χ0n) is 18.0. The van der Waals surface area contributed by atoms with Gasteiger partial charge in [-0.15, -0.1) is 0 Å². The van der Waals surface area contributed by atoms with Gasteiger partial charge in [0.15, 0.2) is 0 Å². The van der Waals surface area contributed by atoms with Crippen molar-refractivity contribution in [3.8, 4) is 0 Å². The van der Waals surface area contributed by atoms with Crippen LogP contribution in [0, 0.1) is 0 Å². The van der Waals surface area contributed by atoms with Gasteiger partial charge in [-0.05, 0) is 45.2 Å². The van der Waals surface area contributed by atoms with Gasteiger partial charge in [0.2, 0.25) is 17.7 Å². The highest BCUT2D eigenvalue weighted by Gasteiger charge is 2.28. The van der Waals surface area contributed by atoms with E-state index in [0.29, 0.717) is 19.4 Å². The van der Waals surface area contributed by atoms with Crippen molar-refractivity contribution in [1.29, 1.82) is 0 Å². The number of carbonyl (C=O) groups is 4. The molecule has 8 N–H and O–H groups in total. The molecule has 0 aromatic heterocycles. The number of nitrogens with two attached hydrogens (primary N) is 2. The van der Waals surface area contributed by atoms with Crippen LogP contribution in [0.3, 0.4) is 0 Å². The Hall–Kier alpha value is -2.98. The van der Waals surface area contributed by atoms with E-state index in [1.165, 1.54) is 13.8 Å². The molecule has 4 unspecified atom stereocenters. The Labute approximate surface area is 182 Å². The number of hydrogen-bond donors (Lipinski definition) is 6. The molecule has 10 nitrogen and oxygen atoms in total. The van der Waals surface area contributed by atoms with Crippen LogP contribution in [0.5, 0.6) is 0 Å². The van der Waals surface area contributed by atoms with Crippen LogP contribution in [0.4, 0.5) is 0 Å². The molecule has 0 saturated heterocycles. The highest BCUT2D eigenvalue weighted by molar-refractivity contribution is 5.93. The normalized spacial score (nSPS) is 14.6. The van der Waals surface area contributed by atoms with E-state index in [1.807, 2.05) is 6.07 Å². The number of rotatable bonds is 13. The number of carbonyl (C=O) groups excluding carboxylic acids is 3. The number of hydrogen-bond acceptors (Lipinski definition) is 6. The second-order valence-corrected chi connectivity index (χ2v) is 7.45. The van der Waals surface area contributed by atoms with Crippen LogP contribution in [0.15, 0.2) is 30.3 Å². The van der Waals surface area contributed by atoms with Gasteiger partial charge < -0.3 is 32.5 Å². The Balaban J connectivity index is 2.84. The third-order valence-corrected chi connectivity index (χ3v) is 4.64. The summed E-state index contributed by atoms with van der Waals surface area (Å²) in [7, 11) is 0. The molecule has 3 amide bonds. The molecule has 1 aromatic carbocycles. The van der Waals surface area contributed by atoms with Gasteiger partial charge in [0.25, 0.3) is 0 Å². The molecule has 0 bridgehead atoms. The molecule has 0 fully saturated rings.